The van der Waals surface area contributed by atoms with Crippen molar-refractivity contribution < 1.29 is 9.53 Å². The van der Waals surface area contributed by atoms with Gasteiger partial charge in [0.1, 0.15) is 5.75 Å². The highest BCUT2D eigenvalue weighted by Crippen LogP contribution is 2.23. The van der Waals surface area contributed by atoms with E-state index in [-0.39, 0.29) is 11.9 Å². The van der Waals surface area contributed by atoms with Crippen molar-refractivity contribution in [2.24, 2.45) is 11.7 Å². The molecule has 1 aliphatic heterocycles. The van der Waals surface area contributed by atoms with E-state index in [1.54, 1.807) is 12.4 Å². The Morgan fingerprint density at radius 2 is 2.43 bits per heavy atom. The Balaban J connectivity index is 1.73. The van der Waals surface area contributed by atoms with Crippen LogP contribution >= 0.6 is 0 Å². The lowest BCUT2D eigenvalue weighted by molar-refractivity contribution is -0.136. The van der Waals surface area contributed by atoms with E-state index in [0.29, 0.717) is 25.5 Å². The highest BCUT2D eigenvalue weighted by molar-refractivity contribution is 5.76. The topological polar surface area (TPSA) is 68.5 Å². The number of likely N-dealkylation sites (tertiary alicyclic amines) is 1. The molecule has 2 rings (SSSR count). The van der Waals surface area contributed by atoms with Crippen molar-refractivity contribution in [2.45, 2.75) is 38.6 Å². The van der Waals surface area contributed by atoms with Crippen LogP contribution in [0, 0.1) is 5.92 Å². The number of carbonyl (C=O) groups is 1. The Morgan fingerprint density at radius 3 is 3.14 bits per heavy atom. The van der Waals surface area contributed by atoms with Gasteiger partial charge in [0.15, 0.2) is 0 Å². The summed E-state index contributed by atoms with van der Waals surface area (Å²) in [5.74, 6) is 1.45. The fourth-order valence-corrected chi connectivity index (χ4v) is 2.91. The summed E-state index contributed by atoms with van der Waals surface area (Å²) in [7, 11) is 0. The Labute approximate surface area is 126 Å². The van der Waals surface area contributed by atoms with E-state index < -0.39 is 0 Å². The van der Waals surface area contributed by atoms with Crippen molar-refractivity contribution in [3.63, 3.8) is 0 Å². The molecular formula is C16H25N3O2. The second-order valence-corrected chi connectivity index (χ2v) is 5.65. The van der Waals surface area contributed by atoms with Crippen LogP contribution in [-0.2, 0) is 4.79 Å². The van der Waals surface area contributed by atoms with Crippen molar-refractivity contribution in [3.05, 3.63) is 24.5 Å². The number of carbonyl (C=O) groups excluding carboxylic acids is 1. The molecule has 5 nitrogen and oxygen atoms in total. The zero-order chi connectivity index (χ0) is 15.1. The van der Waals surface area contributed by atoms with Crippen LogP contribution in [0.1, 0.15) is 32.6 Å². The molecule has 0 saturated carbocycles. The van der Waals surface area contributed by atoms with E-state index in [0.717, 1.165) is 31.6 Å². The lowest BCUT2D eigenvalue weighted by atomic mass is 9.90. The average molecular weight is 291 g/mol. The van der Waals surface area contributed by atoms with Gasteiger partial charge in [0.25, 0.3) is 0 Å². The normalized spacial score (nSPS) is 22.1. The number of pyridine rings is 1. The van der Waals surface area contributed by atoms with Crippen LogP contribution in [0.25, 0.3) is 0 Å². The fourth-order valence-electron chi connectivity index (χ4n) is 2.91. The molecule has 1 saturated heterocycles. The first-order valence-corrected chi connectivity index (χ1v) is 7.74. The van der Waals surface area contributed by atoms with Gasteiger partial charge in [-0.3, -0.25) is 9.78 Å². The zero-order valence-electron chi connectivity index (χ0n) is 12.7. The lowest BCUT2D eigenvalue weighted by Gasteiger charge is -2.39. The predicted octanol–water partition coefficient (Wildman–Crippen LogP) is 1.83. The van der Waals surface area contributed by atoms with Gasteiger partial charge in [-0.2, -0.15) is 0 Å². The summed E-state index contributed by atoms with van der Waals surface area (Å²) in [5, 5.41) is 0. The van der Waals surface area contributed by atoms with Gasteiger partial charge in [-0.25, -0.2) is 0 Å². The van der Waals surface area contributed by atoms with Gasteiger partial charge in [-0.15, -0.1) is 0 Å². The number of nitrogens with zero attached hydrogens (tertiary/aromatic N) is 2. The van der Waals surface area contributed by atoms with Crippen molar-refractivity contribution >= 4 is 5.91 Å². The van der Waals surface area contributed by atoms with Crippen molar-refractivity contribution in [1.82, 2.24) is 9.88 Å². The van der Waals surface area contributed by atoms with Gasteiger partial charge in [0.2, 0.25) is 5.91 Å². The van der Waals surface area contributed by atoms with Gasteiger partial charge in [0.05, 0.1) is 12.8 Å². The van der Waals surface area contributed by atoms with Gasteiger partial charge in [-0.1, -0.05) is 6.92 Å². The van der Waals surface area contributed by atoms with Gasteiger partial charge in [-0.05, 0) is 37.3 Å². The molecule has 0 spiro atoms. The fraction of sp³-hybridized carbons (Fsp3) is 0.625. The third-order valence-electron chi connectivity index (χ3n) is 4.12. The van der Waals surface area contributed by atoms with Crippen molar-refractivity contribution in [3.8, 4) is 5.75 Å². The van der Waals surface area contributed by atoms with E-state index in [4.69, 9.17) is 10.5 Å². The molecule has 1 amide bonds. The number of ether oxygens (including phenoxy) is 1. The van der Waals surface area contributed by atoms with E-state index in [2.05, 4.69) is 11.9 Å². The number of piperidine rings is 1. The molecule has 116 valence electrons. The number of amides is 1. The maximum atomic E-state index is 12.3. The molecule has 1 aromatic heterocycles. The first-order valence-electron chi connectivity index (χ1n) is 7.74. The minimum absolute atomic E-state index is 0.200. The molecule has 0 aromatic carbocycles. The molecule has 1 aromatic rings. The standard InChI is InChI=1S/C16H25N3O2/c1-13-5-3-9-19(15(13)11-17)16(20)7-4-10-21-14-6-2-8-18-12-14/h2,6,8,12-13,15H,3-5,7,9-11,17H2,1H3/t13-,15+/m1/s1. The van der Waals surface area contributed by atoms with Crippen LogP contribution in [0.15, 0.2) is 24.5 Å². The summed E-state index contributed by atoms with van der Waals surface area (Å²) in [6, 6.07) is 3.90. The first kappa shape index (κ1) is 15.8. The average Bonchev–Trinajstić information content (AvgIpc) is 2.52. The third kappa shape index (κ3) is 4.43. The summed E-state index contributed by atoms with van der Waals surface area (Å²) in [6.07, 6.45) is 6.87. The number of rotatable bonds is 6. The molecule has 2 N–H and O–H groups in total. The highest BCUT2D eigenvalue weighted by atomic mass is 16.5. The van der Waals surface area contributed by atoms with Crippen LogP contribution < -0.4 is 10.5 Å². The van der Waals surface area contributed by atoms with E-state index in [1.165, 1.54) is 0 Å². The first-order chi connectivity index (χ1) is 10.2. The van der Waals surface area contributed by atoms with Crippen LogP contribution in [-0.4, -0.2) is 41.5 Å². The van der Waals surface area contributed by atoms with E-state index >= 15 is 0 Å². The number of hydrogen-bond donors (Lipinski definition) is 1. The number of nitrogens with two attached hydrogens (primary N) is 1. The molecule has 5 heteroatoms. The van der Waals surface area contributed by atoms with Crippen LogP contribution in [0.2, 0.25) is 0 Å². The maximum Gasteiger partial charge on any atom is 0.222 e. The maximum absolute atomic E-state index is 12.3. The molecule has 0 unspecified atom stereocenters. The van der Waals surface area contributed by atoms with Crippen molar-refractivity contribution in [1.29, 1.82) is 0 Å². The molecule has 21 heavy (non-hydrogen) atoms. The summed E-state index contributed by atoms with van der Waals surface area (Å²) in [5.41, 5.74) is 5.83. The van der Waals surface area contributed by atoms with Crippen molar-refractivity contribution in [2.75, 3.05) is 19.7 Å². The van der Waals surface area contributed by atoms with Crippen LogP contribution in [0.3, 0.4) is 0 Å². The molecule has 2 atom stereocenters. The smallest absolute Gasteiger partial charge is 0.222 e. The predicted molar refractivity (Wildman–Crippen MR) is 81.9 cm³/mol. The molecule has 0 aliphatic carbocycles. The molecular weight excluding hydrogens is 266 g/mol. The molecule has 2 heterocycles. The van der Waals surface area contributed by atoms with Gasteiger partial charge < -0.3 is 15.4 Å². The highest BCUT2D eigenvalue weighted by Gasteiger charge is 2.30. The van der Waals surface area contributed by atoms with Gasteiger partial charge >= 0.3 is 0 Å². The third-order valence-corrected chi connectivity index (χ3v) is 4.12. The minimum atomic E-state index is 0.200. The summed E-state index contributed by atoms with van der Waals surface area (Å²) in [4.78, 5) is 18.3. The quantitative estimate of drug-likeness (QED) is 0.812. The molecule has 0 bridgehead atoms. The van der Waals surface area contributed by atoms with Crippen LogP contribution in [0.5, 0.6) is 5.75 Å². The summed E-state index contributed by atoms with van der Waals surface area (Å²) in [6.45, 7) is 4.12. The Morgan fingerprint density at radius 1 is 1.57 bits per heavy atom. The monoisotopic (exact) mass is 291 g/mol. The number of aromatic nitrogens is 1. The minimum Gasteiger partial charge on any atom is -0.492 e. The van der Waals surface area contributed by atoms with Crippen LogP contribution in [0.4, 0.5) is 0 Å². The molecule has 1 aliphatic rings. The van der Waals surface area contributed by atoms with E-state index in [1.807, 2.05) is 17.0 Å². The largest absolute Gasteiger partial charge is 0.492 e. The van der Waals surface area contributed by atoms with E-state index in [9.17, 15) is 4.79 Å². The second-order valence-electron chi connectivity index (χ2n) is 5.65. The zero-order valence-corrected chi connectivity index (χ0v) is 12.7. The Kier molecular flexibility index (Phi) is 5.99. The number of hydrogen-bond acceptors (Lipinski definition) is 4. The summed E-state index contributed by atoms with van der Waals surface area (Å²) < 4.78 is 5.56. The van der Waals surface area contributed by atoms with Gasteiger partial charge in [0, 0.05) is 31.7 Å². The Bertz CT molecular complexity index is 438. The second kappa shape index (κ2) is 7.98. The molecule has 0 radical (unpaired) electrons. The Hall–Kier alpha value is -1.62. The summed E-state index contributed by atoms with van der Waals surface area (Å²) >= 11 is 0. The molecule has 1 fully saturated rings. The lowest BCUT2D eigenvalue weighted by Crippen LogP contribution is -2.51. The SMILES string of the molecule is C[C@@H]1CCCN(C(=O)CCCOc2cccnc2)[C@H]1CN.